The van der Waals surface area contributed by atoms with Gasteiger partial charge in [0, 0.05) is 33.1 Å². The van der Waals surface area contributed by atoms with E-state index in [1.165, 1.54) is 38.6 Å². The predicted molar refractivity (Wildman–Crippen MR) is 79.0 cm³/mol. The Bertz CT molecular complexity index is 305. The minimum Gasteiger partial charge on any atom is -0.343 e. The Labute approximate surface area is 118 Å². The van der Waals surface area contributed by atoms with E-state index in [0.717, 1.165) is 31.5 Å². The fourth-order valence-corrected chi connectivity index (χ4v) is 3.85. The first-order chi connectivity index (χ1) is 9.06. The normalized spacial score (nSPS) is 32.0. The van der Waals surface area contributed by atoms with Gasteiger partial charge in [-0.2, -0.15) is 0 Å². The molecule has 0 radical (unpaired) electrons. The minimum absolute atomic E-state index is 0.242. The second-order valence-corrected chi connectivity index (χ2v) is 6.86. The van der Waals surface area contributed by atoms with Crippen LogP contribution in [0, 0.1) is 17.8 Å². The molecule has 0 spiro atoms. The van der Waals surface area contributed by atoms with Gasteiger partial charge in [-0.1, -0.05) is 26.2 Å². The van der Waals surface area contributed by atoms with Gasteiger partial charge in [-0.05, 0) is 37.6 Å². The van der Waals surface area contributed by atoms with E-state index < -0.39 is 0 Å². The molecule has 0 aromatic heterocycles. The van der Waals surface area contributed by atoms with Crippen LogP contribution >= 0.6 is 0 Å². The van der Waals surface area contributed by atoms with Crippen LogP contribution in [0.3, 0.4) is 0 Å². The largest absolute Gasteiger partial charge is 0.343 e. The molecule has 3 heteroatoms. The van der Waals surface area contributed by atoms with Gasteiger partial charge in [0.2, 0.25) is 5.91 Å². The van der Waals surface area contributed by atoms with Crippen LogP contribution in [-0.4, -0.2) is 48.9 Å². The minimum atomic E-state index is 0.242. The summed E-state index contributed by atoms with van der Waals surface area (Å²) in [5, 5.41) is 0. The number of carbonyl (C=O) groups excluding carboxylic acids is 1. The maximum atomic E-state index is 11.3. The molecular weight excluding hydrogens is 236 g/mol. The van der Waals surface area contributed by atoms with Crippen molar-refractivity contribution in [1.82, 2.24) is 9.80 Å². The summed E-state index contributed by atoms with van der Waals surface area (Å²) in [6, 6.07) is 0. The summed E-state index contributed by atoms with van der Waals surface area (Å²) in [5.74, 6) is 2.72. The van der Waals surface area contributed by atoms with Gasteiger partial charge in [-0.3, -0.25) is 4.79 Å². The first kappa shape index (κ1) is 14.8. The molecule has 0 aromatic carbocycles. The Balaban J connectivity index is 1.72. The highest BCUT2D eigenvalue weighted by molar-refractivity contribution is 5.73. The molecule has 1 saturated carbocycles. The van der Waals surface area contributed by atoms with Crippen LogP contribution in [0.1, 0.15) is 46.0 Å². The smallest absolute Gasteiger partial charge is 0.219 e. The number of nitrogens with zero attached hydrogens (tertiary/aromatic N) is 2. The third-order valence-electron chi connectivity index (χ3n) is 5.14. The summed E-state index contributed by atoms with van der Waals surface area (Å²) in [6.07, 6.45) is 6.86. The summed E-state index contributed by atoms with van der Waals surface area (Å²) in [4.78, 5) is 15.9. The monoisotopic (exact) mass is 266 g/mol. The Morgan fingerprint density at radius 2 is 1.95 bits per heavy atom. The SMILES string of the molecule is CC(=O)N1CCC(CN(C)CC2CCCCC2C)C1. The number of amides is 1. The fourth-order valence-electron chi connectivity index (χ4n) is 3.85. The molecule has 2 aliphatic rings. The van der Waals surface area contributed by atoms with Crippen LogP contribution in [0.5, 0.6) is 0 Å². The van der Waals surface area contributed by atoms with Crippen molar-refractivity contribution in [2.24, 2.45) is 17.8 Å². The van der Waals surface area contributed by atoms with Gasteiger partial charge in [0.1, 0.15) is 0 Å². The van der Waals surface area contributed by atoms with E-state index in [-0.39, 0.29) is 5.91 Å². The molecule has 1 aliphatic heterocycles. The maximum Gasteiger partial charge on any atom is 0.219 e. The first-order valence-electron chi connectivity index (χ1n) is 8.00. The molecule has 2 fully saturated rings. The molecular formula is C16H30N2O. The van der Waals surface area contributed by atoms with E-state index in [1.54, 1.807) is 6.92 Å². The van der Waals surface area contributed by atoms with Gasteiger partial charge >= 0.3 is 0 Å². The summed E-state index contributed by atoms with van der Waals surface area (Å²) >= 11 is 0. The third-order valence-corrected chi connectivity index (χ3v) is 5.14. The molecule has 1 saturated heterocycles. The second-order valence-electron chi connectivity index (χ2n) is 6.86. The molecule has 19 heavy (non-hydrogen) atoms. The highest BCUT2D eigenvalue weighted by atomic mass is 16.2. The number of hydrogen-bond donors (Lipinski definition) is 0. The topological polar surface area (TPSA) is 23.6 Å². The zero-order valence-electron chi connectivity index (χ0n) is 12.9. The first-order valence-corrected chi connectivity index (χ1v) is 8.00. The lowest BCUT2D eigenvalue weighted by molar-refractivity contribution is -0.127. The molecule has 3 nitrogen and oxygen atoms in total. The zero-order chi connectivity index (χ0) is 13.8. The lowest BCUT2D eigenvalue weighted by Crippen LogP contribution is -2.35. The van der Waals surface area contributed by atoms with Crippen LogP contribution in [0.15, 0.2) is 0 Å². The highest BCUT2D eigenvalue weighted by Gasteiger charge is 2.27. The van der Waals surface area contributed by atoms with Crippen molar-refractivity contribution >= 4 is 5.91 Å². The van der Waals surface area contributed by atoms with E-state index in [4.69, 9.17) is 0 Å². The van der Waals surface area contributed by atoms with Crippen molar-refractivity contribution in [3.63, 3.8) is 0 Å². The average Bonchev–Trinajstić information content (AvgIpc) is 2.80. The Hall–Kier alpha value is -0.570. The standard InChI is InChI=1S/C16H30N2O/c1-13-6-4-5-7-16(13)12-17(3)10-15-8-9-18(11-15)14(2)19/h13,15-16H,4-12H2,1-3H3. The van der Waals surface area contributed by atoms with Gasteiger partial charge in [0.05, 0.1) is 0 Å². The number of likely N-dealkylation sites (tertiary alicyclic amines) is 1. The van der Waals surface area contributed by atoms with E-state index in [2.05, 4.69) is 18.9 Å². The van der Waals surface area contributed by atoms with Crippen molar-refractivity contribution in [3.8, 4) is 0 Å². The fraction of sp³-hybridized carbons (Fsp3) is 0.938. The summed E-state index contributed by atoms with van der Waals surface area (Å²) in [7, 11) is 2.26. The maximum absolute atomic E-state index is 11.3. The van der Waals surface area contributed by atoms with E-state index in [0.29, 0.717) is 5.92 Å². The van der Waals surface area contributed by atoms with Crippen LogP contribution in [-0.2, 0) is 4.79 Å². The van der Waals surface area contributed by atoms with E-state index >= 15 is 0 Å². The van der Waals surface area contributed by atoms with Crippen molar-refractivity contribution < 1.29 is 4.79 Å². The summed E-state index contributed by atoms with van der Waals surface area (Å²) < 4.78 is 0. The van der Waals surface area contributed by atoms with Crippen LogP contribution in [0.4, 0.5) is 0 Å². The number of rotatable bonds is 4. The third kappa shape index (κ3) is 4.20. The van der Waals surface area contributed by atoms with Crippen molar-refractivity contribution in [2.75, 3.05) is 33.2 Å². The van der Waals surface area contributed by atoms with Gasteiger partial charge in [-0.15, -0.1) is 0 Å². The Morgan fingerprint density at radius 1 is 1.21 bits per heavy atom. The lowest BCUT2D eigenvalue weighted by atomic mass is 9.80. The molecule has 0 aromatic rings. The molecule has 0 N–H and O–H groups in total. The summed E-state index contributed by atoms with van der Waals surface area (Å²) in [6.45, 7) is 8.46. The van der Waals surface area contributed by atoms with Gasteiger partial charge in [-0.25, -0.2) is 0 Å². The van der Waals surface area contributed by atoms with E-state index in [9.17, 15) is 4.79 Å². The predicted octanol–water partition coefficient (Wildman–Crippen LogP) is 2.61. The van der Waals surface area contributed by atoms with Crippen LogP contribution < -0.4 is 0 Å². The van der Waals surface area contributed by atoms with Crippen molar-refractivity contribution in [2.45, 2.75) is 46.0 Å². The molecule has 3 unspecified atom stereocenters. The number of hydrogen-bond acceptors (Lipinski definition) is 2. The molecule has 1 aliphatic carbocycles. The molecule has 2 rings (SSSR count). The molecule has 1 heterocycles. The molecule has 3 atom stereocenters. The van der Waals surface area contributed by atoms with Gasteiger partial charge in [0.15, 0.2) is 0 Å². The van der Waals surface area contributed by atoms with Crippen LogP contribution in [0.25, 0.3) is 0 Å². The summed E-state index contributed by atoms with van der Waals surface area (Å²) in [5.41, 5.74) is 0. The van der Waals surface area contributed by atoms with Crippen LogP contribution in [0.2, 0.25) is 0 Å². The molecule has 110 valence electrons. The van der Waals surface area contributed by atoms with Crippen molar-refractivity contribution in [3.05, 3.63) is 0 Å². The Kier molecular flexibility index (Phi) is 5.26. The quantitative estimate of drug-likeness (QED) is 0.781. The molecule has 0 bridgehead atoms. The molecule has 1 amide bonds. The lowest BCUT2D eigenvalue weighted by Gasteiger charge is -2.33. The van der Waals surface area contributed by atoms with Gasteiger partial charge in [0.25, 0.3) is 0 Å². The Morgan fingerprint density at radius 3 is 2.58 bits per heavy atom. The highest BCUT2D eigenvalue weighted by Crippen LogP contribution is 2.30. The zero-order valence-corrected chi connectivity index (χ0v) is 12.9. The van der Waals surface area contributed by atoms with Gasteiger partial charge < -0.3 is 9.80 Å². The average molecular weight is 266 g/mol. The van der Waals surface area contributed by atoms with E-state index in [1.807, 2.05) is 4.90 Å². The number of carbonyl (C=O) groups is 1. The van der Waals surface area contributed by atoms with Crippen molar-refractivity contribution in [1.29, 1.82) is 0 Å². The second kappa shape index (κ2) is 6.74.